The summed E-state index contributed by atoms with van der Waals surface area (Å²) in [4.78, 5) is 13.3. The fourth-order valence-electron chi connectivity index (χ4n) is 1.21. The largest absolute Gasteiger partial charge is 0.341 e. The van der Waals surface area contributed by atoms with Crippen LogP contribution >= 0.6 is 27.3 Å². The van der Waals surface area contributed by atoms with E-state index in [0.717, 1.165) is 10.2 Å². The minimum absolute atomic E-state index is 0.164. The molecule has 0 bridgehead atoms. The first-order valence-electron chi connectivity index (χ1n) is 4.71. The zero-order valence-corrected chi connectivity index (χ0v) is 11.1. The van der Waals surface area contributed by atoms with Crippen LogP contribution < -0.4 is 0 Å². The Bertz CT molecular complexity index is 348. The Morgan fingerprint density at radius 2 is 2.47 bits per heavy atom. The van der Waals surface area contributed by atoms with Gasteiger partial charge in [0.2, 0.25) is 5.91 Å². The van der Waals surface area contributed by atoms with Crippen molar-refractivity contribution in [1.29, 1.82) is 0 Å². The third-order valence-electron chi connectivity index (χ3n) is 2.03. The van der Waals surface area contributed by atoms with Gasteiger partial charge in [-0.15, -0.1) is 17.9 Å². The number of carbonyl (C=O) groups excluding carboxylic acids is 1. The molecule has 0 saturated heterocycles. The van der Waals surface area contributed by atoms with Crippen molar-refractivity contribution in [2.75, 3.05) is 7.05 Å². The number of allylic oxidation sites excluding steroid dienone is 1. The van der Waals surface area contributed by atoms with Crippen molar-refractivity contribution >= 4 is 33.2 Å². The first-order chi connectivity index (χ1) is 7.13. The van der Waals surface area contributed by atoms with Gasteiger partial charge < -0.3 is 4.90 Å². The molecule has 0 aliphatic rings. The van der Waals surface area contributed by atoms with Crippen LogP contribution in [0.25, 0.3) is 0 Å². The first kappa shape index (κ1) is 12.5. The van der Waals surface area contributed by atoms with Gasteiger partial charge in [0.05, 0.1) is 3.79 Å². The molecule has 0 atom stereocenters. The maximum Gasteiger partial charge on any atom is 0.222 e. The number of nitrogens with zero attached hydrogens (tertiary/aromatic N) is 1. The number of hydrogen-bond acceptors (Lipinski definition) is 2. The molecule has 1 aromatic rings. The monoisotopic (exact) mass is 287 g/mol. The third-order valence-corrected chi connectivity index (χ3v) is 3.58. The van der Waals surface area contributed by atoms with Crippen molar-refractivity contribution < 1.29 is 4.79 Å². The Balaban J connectivity index is 2.44. The molecule has 15 heavy (non-hydrogen) atoms. The highest BCUT2D eigenvalue weighted by Gasteiger charge is 2.08. The third kappa shape index (κ3) is 4.18. The molecule has 1 heterocycles. The molecule has 1 rings (SSSR count). The van der Waals surface area contributed by atoms with Gasteiger partial charge in [0.15, 0.2) is 0 Å². The summed E-state index contributed by atoms with van der Waals surface area (Å²) >= 11 is 5.04. The molecule has 0 fully saturated rings. The van der Waals surface area contributed by atoms with Crippen molar-refractivity contribution in [2.24, 2.45) is 0 Å². The summed E-state index contributed by atoms with van der Waals surface area (Å²) in [5.74, 6) is 0.164. The molecule has 0 N–H and O–H groups in total. The summed E-state index contributed by atoms with van der Waals surface area (Å²) in [6.45, 7) is 4.28. The minimum Gasteiger partial charge on any atom is -0.341 e. The highest BCUT2D eigenvalue weighted by Crippen LogP contribution is 2.21. The van der Waals surface area contributed by atoms with Gasteiger partial charge in [-0.25, -0.2) is 0 Å². The van der Waals surface area contributed by atoms with Crippen LogP contribution in [0.3, 0.4) is 0 Å². The summed E-state index contributed by atoms with van der Waals surface area (Å²) in [7, 11) is 1.83. The second-order valence-electron chi connectivity index (χ2n) is 3.34. The Kier molecular flexibility index (Phi) is 5.05. The Morgan fingerprint density at radius 3 is 3.00 bits per heavy atom. The molecule has 2 nitrogen and oxygen atoms in total. The average molecular weight is 288 g/mol. The van der Waals surface area contributed by atoms with E-state index in [-0.39, 0.29) is 5.91 Å². The number of halogens is 1. The number of rotatable bonds is 5. The Hall–Kier alpha value is -0.610. The lowest BCUT2D eigenvalue weighted by molar-refractivity contribution is -0.130. The Morgan fingerprint density at radius 1 is 1.73 bits per heavy atom. The van der Waals surface area contributed by atoms with Crippen LogP contribution in [0.2, 0.25) is 0 Å². The van der Waals surface area contributed by atoms with Crippen molar-refractivity contribution in [2.45, 2.75) is 19.4 Å². The lowest BCUT2D eigenvalue weighted by atomic mass is 10.2. The molecule has 1 amide bonds. The van der Waals surface area contributed by atoms with Gasteiger partial charge in [0.25, 0.3) is 0 Å². The van der Waals surface area contributed by atoms with E-state index in [1.807, 2.05) is 13.1 Å². The van der Waals surface area contributed by atoms with E-state index in [2.05, 4.69) is 27.9 Å². The molecule has 1 aromatic heterocycles. The fourth-order valence-corrected chi connectivity index (χ4v) is 2.41. The molecule has 0 radical (unpaired) electrons. The number of carbonyl (C=O) groups is 1. The average Bonchev–Trinajstić information content (AvgIpc) is 2.60. The quantitative estimate of drug-likeness (QED) is 0.760. The van der Waals surface area contributed by atoms with E-state index in [4.69, 9.17) is 0 Å². The lowest BCUT2D eigenvalue weighted by Gasteiger charge is -2.15. The molecule has 0 unspecified atom stereocenters. The second kappa shape index (κ2) is 6.08. The van der Waals surface area contributed by atoms with Gasteiger partial charge in [0.1, 0.15) is 0 Å². The first-order valence-corrected chi connectivity index (χ1v) is 6.38. The van der Waals surface area contributed by atoms with E-state index >= 15 is 0 Å². The molecule has 0 aliphatic heterocycles. The van der Waals surface area contributed by atoms with Gasteiger partial charge in [-0.05, 0) is 39.4 Å². The molecule has 0 saturated carbocycles. The SMILES string of the molecule is C=CCCC(=O)N(C)Cc1csc(Br)c1. The maximum atomic E-state index is 11.6. The fraction of sp³-hybridized carbons (Fsp3) is 0.364. The molecule has 4 heteroatoms. The van der Waals surface area contributed by atoms with Crippen molar-refractivity contribution in [3.63, 3.8) is 0 Å². The standard InChI is InChI=1S/C11H14BrNOS/c1-3-4-5-11(14)13(2)7-9-6-10(12)15-8-9/h3,6,8H,1,4-5,7H2,2H3. The molecular formula is C11H14BrNOS. The zero-order valence-electron chi connectivity index (χ0n) is 8.70. The molecule has 0 aliphatic carbocycles. The molecule has 0 spiro atoms. The van der Waals surface area contributed by atoms with Crippen molar-refractivity contribution in [3.05, 3.63) is 33.5 Å². The van der Waals surface area contributed by atoms with Crippen molar-refractivity contribution in [3.8, 4) is 0 Å². The normalized spacial score (nSPS) is 10.0. The maximum absolute atomic E-state index is 11.6. The summed E-state index contributed by atoms with van der Waals surface area (Å²) in [5.41, 5.74) is 1.17. The summed E-state index contributed by atoms with van der Waals surface area (Å²) in [6.07, 6.45) is 3.06. The van der Waals surface area contributed by atoms with Gasteiger partial charge in [-0.3, -0.25) is 4.79 Å². The summed E-state index contributed by atoms with van der Waals surface area (Å²) < 4.78 is 1.10. The number of hydrogen-bond donors (Lipinski definition) is 0. The highest BCUT2D eigenvalue weighted by molar-refractivity contribution is 9.11. The highest BCUT2D eigenvalue weighted by atomic mass is 79.9. The van der Waals surface area contributed by atoms with E-state index in [9.17, 15) is 4.79 Å². The van der Waals surface area contributed by atoms with Gasteiger partial charge in [-0.1, -0.05) is 6.08 Å². The van der Waals surface area contributed by atoms with Crippen LogP contribution in [0.4, 0.5) is 0 Å². The van der Waals surface area contributed by atoms with Crippen LogP contribution in [0.15, 0.2) is 27.9 Å². The number of amides is 1. The second-order valence-corrected chi connectivity index (χ2v) is 5.63. The Labute approximate surface area is 103 Å². The van der Waals surface area contributed by atoms with E-state index in [1.165, 1.54) is 5.56 Å². The molecule has 0 aromatic carbocycles. The van der Waals surface area contributed by atoms with Crippen LogP contribution in [-0.4, -0.2) is 17.9 Å². The van der Waals surface area contributed by atoms with Crippen LogP contribution in [0.1, 0.15) is 18.4 Å². The van der Waals surface area contributed by atoms with Crippen LogP contribution in [0.5, 0.6) is 0 Å². The van der Waals surface area contributed by atoms with Gasteiger partial charge >= 0.3 is 0 Å². The number of thiophene rings is 1. The molecular weight excluding hydrogens is 274 g/mol. The topological polar surface area (TPSA) is 20.3 Å². The predicted molar refractivity (Wildman–Crippen MR) is 67.9 cm³/mol. The van der Waals surface area contributed by atoms with Gasteiger partial charge in [0, 0.05) is 20.0 Å². The van der Waals surface area contributed by atoms with E-state index in [0.29, 0.717) is 13.0 Å². The minimum atomic E-state index is 0.164. The molecule has 82 valence electrons. The van der Waals surface area contributed by atoms with Gasteiger partial charge in [-0.2, -0.15) is 0 Å². The predicted octanol–water partition coefficient (Wildman–Crippen LogP) is 3.44. The van der Waals surface area contributed by atoms with Crippen LogP contribution in [0, 0.1) is 0 Å². The van der Waals surface area contributed by atoms with Crippen LogP contribution in [-0.2, 0) is 11.3 Å². The zero-order chi connectivity index (χ0) is 11.3. The van der Waals surface area contributed by atoms with E-state index < -0.39 is 0 Å². The van der Waals surface area contributed by atoms with Crippen molar-refractivity contribution in [1.82, 2.24) is 4.90 Å². The smallest absolute Gasteiger partial charge is 0.222 e. The van der Waals surface area contributed by atoms with E-state index in [1.54, 1.807) is 22.3 Å². The summed E-state index contributed by atoms with van der Waals surface area (Å²) in [6, 6.07) is 2.04. The lowest BCUT2D eigenvalue weighted by Crippen LogP contribution is -2.25. The summed E-state index contributed by atoms with van der Waals surface area (Å²) in [5, 5.41) is 2.06.